The molecule has 1 aliphatic carbocycles. The smallest absolute Gasteiger partial charge is 0.119 e. The number of rotatable bonds is 18. The van der Waals surface area contributed by atoms with E-state index in [0.717, 1.165) is 82.9 Å². The second-order valence-electron chi connectivity index (χ2n) is 10.9. The normalized spacial score (nSPS) is 11.3. The fourth-order valence-electron chi connectivity index (χ4n) is 5.53. The number of fused-ring (bicyclic) bond motifs is 3. The Morgan fingerprint density at radius 1 is 0.465 bits per heavy atom. The van der Waals surface area contributed by atoms with Gasteiger partial charge in [0.05, 0.1) is 39.0 Å². The quantitative estimate of drug-likeness (QED) is 0.0771. The number of hydrogen-bond donors (Lipinski definition) is 0. The van der Waals surface area contributed by atoms with Gasteiger partial charge in [0.2, 0.25) is 0 Å². The Morgan fingerprint density at radius 3 is 1.28 bits per heavy atom. The molecule has 0 amide bonds. The predicted octanol–water partition coefficient (Wildman–Crippen LogP) is 10.0. The van der Waals surface area contributed by atoms with Crippen molar-refractivity contribution in [3.63, 3.8) is 0 Å². The molecule has 0 aliphatic heterocycles. The number of ether oxygens (including phenoxy) is 4. The highest BCUT2D eigenvalue weighted by Crippen LogP contribution is 2.40. The van der Waals surface area contributed by atoms with E-state index in [1.807, 2.05) is 0 Å². The van der Waals surface area contributed by atoms with Crippen molar-refractivity contribution in [3.8, 4) is 44.9 Å². The predicted molar refractivity (Wildman–Crippen MR) is 177 cm³/mol. The largest absolute Gasteiger partial charge is 0.502 e. The Morgan fingerprint density at radius 2 is 0.860 bits per heavy atom. The molecular formula is C39H42O4. The van der Waals surface area contributed by atoms with E-state index < -0.39 is 0 Å². The van der Waals surface area contributed by atoms with Crippen LogP contribution in [0.2, 0.25) is 0 Å². The first-order valence-corrected chi connectivity index (χ1v) is 15.4. The molecule has 0 saturated carbocycles. The van der Waals surface area contributed by atoms with E-state index in [1.54, 1.807) is 0 Å². The molecule has 0 saturated heterocycles. The van der Waals surface area contributed by atoms with Crippen molar-refractivity contribution >= 4 is 0 Å². The average molecular weight is 575 g/mol. The molecule has 5 rings (SSSR count). The van der Waals surface area contributed by atoms with Crippen LogP contribution in [0.1, 0.15) is 49.7 Å². The van der Waals surface area contributed by atoms with Crippen molar-refractivity contribution < 1.29 is 18.9 Å². The van der Waals surface area contributed by atoms with Crippen LogP contribution < -0.4 is 9.47 Å². The zero-order valence-electron chi connectivity index (χ0n) is 25.1. The van der Waals surface area contributed by atoms with E-state index in [-0.39, 0.29) is 0 Å². The van der Waals surface area contributed by atoms with Gasteiger partial charge in [-0.25, -0.2) is 0 Å². The Hall–Kier alpha value is -4.44. The third-order valence-corrected chi connectivity index (χ3v) is 7.84. The van der Waals surface area contributed by atoms with Crippen molar-refractivity contribution in [2.24, 2.45) is 0 Å². The zero-order valence-corrected chi connectivity index (χ0v) is 25.1. The first kappa shape index (κ1) is 30.0. The zero-order chi connectivity index (χ0) is 29.7. The molecule has 222 valence electrons. The molecule has 0 bridgehead atoms. The van der Waals surface area contributed by atoms with Gasteiger partial charge in [-0.1, -0.05) is 73.8 Å². The monoisotopic (exact) mass is 574 g/mol. The second-order valence-corrected chi connectivity index (χ2v) is 10.9. The SMILES string of the molecule is C=COCCCCCOc1ccc(-c2ccc3c(c2)Cc2cc(-c4ccc(OCCCCCOC=C)cc4)ccc2-3)cc1. The summed E-state index contributed by atoms with van der Waals surface area (Å²) in [7, 11) is 0. The van der Waals surface area contributed by atoms with Gasteiger partial charge in [-0.3, -0.25) is 0 Å². The van der Waals surface area contributed by atoms with E-state index in [0.29, 0.717) is 0 Å². The van der Waals surface area contributed by atoms with Crippen LogP contribution in [0.25, 0.3) is 33.4 Å². The summed E-state index contributed by atoms with van der Waals surface area (Å²) in [6.45, 7) is 10.0. The highest BCUT2D eigenvalue weighted by molar-refractivity contribution is 5.82. The minimum absolute atomic E-state index is 0.720. The van der Waals surface area contributed by atoms with E-state index in [1.165, 1.54) is 57.0 Å². The van der Waals surface area contributed by atoms with E-state index in [2.05, 4.69) is 98.1 Å². The molecule has 0 heterocycles. The van der Waals surface area contributed by atoms with Gasteiger partial charge in [0.1, 0.15) is 11.5 Å². The Kier molecular flexibility index (Phi) is 11.0. The lowest BCUT2D eigenvalue weighted by Gasteiger charge is -2.09. The second kappa shape index (κ2) is 15.7. The molecule has 4 nitrogen and oxygen atoms in total. The van der Waals surface area contributed by atoms with Gasteiger partial charge in [0, 0.05) is 0 Å². The van der Waals surface area contributed by atoms with Crippen LogP contribution in [-0.4, -0.2) is 26.4 Å². The molecule has 0 spiro atoms. The molecule has 43 heavy (non-hydrogen) atoms. The van der Waals surface area contributed by atoms with Gasteiger partial charge in [-0.05, 0) is 114 Å². The first-order chi connectivity index (χ1) is 21.2. The van der Waals surface area contributed by atoms with Crippen molar-refractivity contribution in [2.75, 3.05) is 26.4 Å². The Bertz CT molecular complexity index is 1360. The molecule has 0 aromatic heterocycles. The lowest BCUT2D eigenvalue weighted by molar-refractivity contribution is 0.235. The third-order valence-electron chi connectivity index (χ3n) is 7.84. The summed E-state index contributed by atoms with van der Waals surface area (Å²) in [6.07, 6.45) is 10.2. The highest BCUT2D eigenvalue weighted by Gasteiger charge is 2.19. The van der Waals surface area contributed by atoms with E-state index in [9.17, 15) is 0 Å². The number of benzene rings is 4. The summed E-state index contributed by atoms with van der Waals surface area (Å²) in [4.78, 5) is 0. The molecule has 0 N–H and O–H groups in total. The van der Waals surface area contributed by atoms with Gasteiger partial charge in [0.15, 0.2) is 0 Å². The van der Waals surface area contributed by atoms with E-state index >= 15 is 0 Å². The van der Waals surface area contributed by atoms with Crippen molar-refractivity contribution in [2.45, 2.75) is 44.9 Å². The van der Waals surface area contributed by atoms with Crippen molar-refractivity contribution in [3.05, 3.63) is 122 Å². The Balaban J connectivity index is 1.14. The molecule has 1 aliphatic rings. The lowest BCUT2D eigenvalue weighted by atomic mass is 9.98. The summed E-state index contributed by atoms with van der Waals surface area (Å²) < 4.78 is 22.2. The standard InChI is InChI=1S/C39H42O4/c1-3-40-23-7-5-9-25-42-36-17-11-30(12-18-36)32-15-21-38-34(27-32)29-35-28-33(16-22-39(35)38)31-13-19-37(20-14-31)43-26-10-6-8-24-41-4-2/h3-4,11-22,27-28H,1-2,5-10,23-26,29H2. The van der Waals surface area contributed by atoms with Gasteiger partial charge < -0.3 is 18.9 Å². The molecular weight excluding hydrogens is 532 g/mol. The molecule has 4 aromatic rings. The van der Waals surface area contributed by atoms with Gasteiger partial charge in [0.25, 0.3) is 0 Å². The summed E-state index contributed by atoms with van der Waals surface area (Å²) in [5.41, 5.74) is 10.3. The third kappa shape index (κ3) is 8.32. The summed E-state index contributed by atoms with van der Waals surface area (Å²) in [6, 6.07) is 30.6. The van der Waals surface area contributed by atoms with Crippen LogP contribution in [0.3, 0.4) is 0 Å². The molecule has 4 heteroatoms. The fraction of sp³-hybridized carbons (Fsp3) is 0.282. The van der Waals surface area contributed by atoms with Crippen LogP contribution >= 0.6 is 0 Å². The van der Waals surface area contributed by atoms with Crippen LogP contribution in [0.4, 0.5) is 0 Å². The average Bonchev–Trinajstić information content (AvgIpc) is 3.41. The maximum absolute atomic E-state index is 5.94. The molecule has 0 atom stereocenters. The maximum Gasteiger partial charge on any atom is 0.119 e. The summed E-state index contributed by atoms with van der Waals surface area (Å²) in [5.74, 6) is 1.83. The lowest BCUT2D eigenvalue weighted by Crippen LogP contribution is -1.98. The Labute approximate surface area is 256 Å². The summed E-state index contributed by atoms with van der Waals surface area (Å²) in [5, 5.41) is 0. The van der Waals surface area contributed by atoms with Crippen LogP contribution in [-0.2, 0) is 15.9 Å². The van der Waals surface area contributed by atoms with Gasteiger partial charge >= 0.3 is 0 Å². The van der Waals surface area contributed by atoms with Gasteiger partial charge in [-0.2, -0.15) is 0 Å². The summed E-state index contributed by atoms with van der Waals surface area (Å²) >= 11 is 0. The van der Waals surface area contributed by atoms with Gasteiger partial charge in [-0.15, -0.1) is 0 Å². The molecule has 0 fully saturated rings. The maximum atomic E-state index is 5.94. The van der Waals surface area contributed by atoms with Crippen LogP contribution in [0.5, 0.6) is 11.5 Å². The number of hydrogen-bond acceptors (Lipinski definition) is 4. The van der Waals surface area contributed by atoms with Crippen LogP contribution in [0, 0.1) is 0 Å². The number of unbranched alkanes of at least 4 members (excludes halogenated alkanes) is 4. The minimum Gasteiger partial charge on any atom is -0.502 e. The molecule has 0 unspecified atom stereocenters. The van der Waals surface area contributed by atoms with Crippen molar-refractivity contribution in [1.82, 2.24) is 0 Å². The highest BCUT2D eigenvalue weighted by atomic mass is 16.5. The molecule has 4 aromatic carbocycles. The minimum atomic E-state index is 0.720. The first-order valence-electron chi connectivity index (χ1n) is 15.4. The topological polar surface area (TPSA) is 36.9 Å². The fourth-order valence-corrected chi connectivity index (χ4v) is 5.53. The van der Waals surface area contributed by atoms with E-state index in [4.69, 9.17) is 18.9 Å². The molecule has 0 radical (unpaired) electrons. The van der Waals surface area contributed by atoms with Crippen LogP contribution in [0.15, 0.2) is 111 Å². The van der Waals surface area contributed by atoms with Crippen molar-refractivity contribution in [1.29, 1.82) is 0 Å².